The van der Waals surface area contributed by atoms with Crippen molar-refractivity contribution >= 4 is 0 Å². The summed E-state index contributed by atoms with van der Waals surface area (Å²) in [5.74, 6) is 0.756. The highest BCUT2D eigenvalue weighted by molar-refractivity contribution is 4.83. The molecule has 3 nitrogen and oxygen atoms in total. The predicted octanol–water partition coefficient (Wildman–Crippen LogP) is 2.04. The zero-order chi connectivity index (χ0) is 11.5. The molecule has 0 radical (unpaired) electrons. The van der Waals surface area contributed by atoms with E-state index in [1.165, 1.54) is 0 Å². The molecule has 3 heteroatoms. The number of rotatable bonds is 3. The summed E-state index contributed by atoms with van der Waals surface area (Å²) in [6, 6.07) is 0. The first kappa shape index (κ1) is 12.5. The lowest BCUT2D eigenvalue weighted by Crippen LogP contribution is -2.52. The van der Waals surface area contributed by atoms with E-state index in [1.807, 2.05) is 6.92 Å². The van der Waals surface area contributed by atoms with Gasteiger partial charge in [-0.1, -0.05) is 6.58 Å². The van der Waals surface area contributed by atoms with Crippen LogP contribution in [0.3, 0.4) is 0 Å². The van der Waals surface area contributed by atoms with Crippen molar-refractivity contribution in [3.05, 3.63) is 12.3 Å². The molecule has 0 bridgehead atoms. The first-order chi connectivity index (χ1) is 6.89. The molecule has 0 saturated carbocycles. The van der Waals surface area contributed by atoms with Gasteiger partial charge in [0.05, 0.1) is 12.4 Å². The lowest BCUT2D eigenvalue weighted by atomic mass is 10.0. The topological polar surface area (TPSA) is 21.7 Å². The van der Waals surface area contributed by atoms with Crippen molar-refractivity contribution in [1.29, 1.82) is 0 Å². The smallest absolute Gasteiger partial charge is 0.115 e. The van der Waals surface area contributed by atoms with Gasteiger partial charge in [-0.3, -0.25) is 4.90 Å². The average molecular weight is 213 g/mol. The number of morpholine rings is 1. The quantitative estimate of drug-likeness (QED) is 0.670. The third-order valence-electron chi connectivity index (χ3n) is 2.60. The Bertz CT molecular complexity index is 220. The fourth-order valence-electron chi connectivity index (χ4n) is 1.66. The predicted molar refractivity (Wildman–Crippen MR) is 61.8 cm³/mol. The highest BCUT2D eigenvalue weighted by atomic mass is 16.5. The van der Waals surface area contributed by atoms with Crippen LogP contribution in [0, 0.1) is 0 Å². The molecule has 0 N–H and O–H groups in total. The number of allylic oxidation sites excluding steroid dienone is 1. The summed E-state index contributed by atoms with van der Waals surface area (Å²) in [7, 11) is 0. The maximum atomic E-state index is 5.65. The van der Waals surface area contributed by atoms with Crippen molar-refractivity contribution in [3.8, 4) is 0 Å². The first-order valence-electron chi connectivity index (χ1n) is 5.54. The van der Waals surface area contributed by atoms with Gasteiger partial charge in [0, 0.05) is 18.6 Å². The standard InChI is InChI=1S/C12H23NO2/c1-10(2)15-9-11-8-13(6-7-14-11)12(3,4)5/h11H,1,6-9H2,2-5H3. The largest absolute Gasteiger partial charge is 0.496 e. The second-order valence-corrected chi connectivity index (χ2v) is 5.12. The van der Waals surface area contributed by atoms with Crippen LogP contribution in [-0.4, -0.2) is 42.8 Å². The van der Waals surface area contributed by atoms with Gasteiger partial charge in [-0.05, 0) is 27.7 Å². The molecule has 0 aliphatic carbocycles. The summed E-state index contributed by atoms with van der Waals surface area (Å²) in [4.78, 5) is 2.43. The molecule has 1 fully saturated rings. The maximum absolute atomic E-state index is 5.65. The molecule has 0 aromatic heterocycles. The molecule has 1 saturated heterocycles. The van der Waals surface area contributed by atoms with Crippen molar-refractivity contribution in [2.75, 3.05) is 26.3 Å². The molecule has 1 rings (SSSR count). The summed E-state index contributed by atoms with van der Waals surface area (Å²) in [6.07, 6.45) is 0.176. The first-order valence-corrected chi connectivity index (χ1v) is 5.54. The molecule has 0 aromatic rings. The zero-order valence-electron chi connectivity index (χ0n) is 10.4. The Labute approximate surface area is 93.0 Å². The molecule has 1 heterocycles. The van der Waals surface area contributed by atoms with Gasteiger partial charge in [-0.25, -0.2) is 0 Å². The van der Waals surface area contributed by atoms with Crippen LogP contribution in [0.1, 0.15) is 27.7 Å². The minimum absolute atomic E-state index is 0.176. The molecule has 1 aliphatic rings. The molecule has 0 spiro atoms. The summed E-state index contributed by atoms with van der Waals surface area (Å²) >= 11 is 0. The lowest BCUT2D eigenvalue weighted by Gasteiger charge is -2.41. The van der Waals surface area contributed by atoms with Crippen LogP contribution in [0.15, 0.2) is 12.3 Å². The van der Waals surface area contributed by atoms with Crippen molar-refractivity contribution < 1.29 is 9.47 Å². The molecule has 0 aromatic carbocycles. The van der Waals surface area contributed by atoms with Crippen molar-refractivity contribution in [1.82, 2.24) is 4.90 Å². The Morgan fingerprint density at radius 3 is 2.73 bits per heavy atom. The van der Waals surface area contributed by atoms with E-state index < -0.39 is 0 Å². The van der Waals surface area contributed by atoms with Crippen molar-refractivity contribution in [3.63, 3.8) is 0 Å². The molecular formula is C12H23NO2. The van der Waals surface area contributed by atoms with Crippen LogP contribution in [-0.2, 0) is 9.47 Å². The van der Waals surface area contributed by atoms with Gasteiger partial charge in [-0.2, -0.15) is 0 Å². The molecule has 1 unspecified atom stereocenters. The van der Waals surface area contributed by atoms with Gasteiger partial charge in [0.15, 0.2) is 0 Å². The molecule has 1 aliphatic heterocycles. The van der Waals surface area contributed by atoms with Gasteiger partial charge < -0.3 is 9.47 Å². The molecule has 15 heavy (non-hydrogen) atoms. The summed E-state index contributed by atoms with van der Waals surface area (Å²) in [5, 5.41) is 0. The van der Waals surface area contributed by atoms with Crippen LogP contribution in [0.25, 0.3) is 0 Å². The van der Waals surface area contributed by atoms with Crippen LogP contribution in [0.5, 0.6) is 0 Å². The summed E-state index contributed by atoms with van der Waals surface area (Å²) in [5.41, 5.74) is 0.214. The molecule has 1 atom stereocenters. The Hall–Kier alpha value is -0.540. The fourth-order valence-corrected chi connectivity index (χ4v) is 1.66. The van der Waals surface area contributed by atoms with Gasteiger partial charge in [0.25, 0.3) is 0 Å². The second kappa shape index (κ2) is 4.99. The minimum atomic E-state index is 0.176. The van der Waals surface area contributed by atoms with E-state index in [0.29, 0.717) is 6.61 Å². The number of ether oxygens (including phenoxy) is 2. The SMILES string of the molecule is C=C(C)OCC1CN(C(C)(C)C)CCO1. The van der Waals surface area contributed by atoms with Crippen LogP contribution in [0.4, 0.5) is 0 Å². The van der Waals surface area contributed by atoms with E-state index in [9.17, 15) is 0 Å². The number of nitrogens with zero attached hydrogens (tertiary/aromatic N) is 1. The highest BCUT2D eigenvalue weighted by Crippen LogP contribution is 2.17. The highest BCUT2D eigenvalue weighted by Gasteiger charge is 2.28. The van der Waals surface area contributed by atoms with E-state index >= 15 is 0 Å². The normalized spacial score (nSPS) is 23.9. The van der Waals surface area contributed by atoms with Crippen LogP contribution in [0.2, 0.25) is 0 Å². The van der Waals surface area contributed by atoms with Gasteiger partial charge in [-0.15, -0.1) is 0 Å². The Kier molecular flexibility index (Phi) is 4.17. The minimum Gasteiger partial charge on any atom is -0.496 e. The second-order valence-electron chi connectivity index (χ2n) is 5.12. The third kappa shape index (κ3) is 4.22. The number of hydrogen-bond acceptors (Lipinski definition) is 3. The average Bonchev–Trinajstić information content (AvgIpc) is 2.14. The molecule has 88 valence electrons. The number of hydrogen-bond donors (Lipinski definition) is 0. The van der Waals surface area contributed by atoms with Crippen LogP contribution < -0.4 is 0 Å². The molecular weight excluding hydrogens is 190 g/mol. The fraction of sp³-hybridized carbons (Fsp3) is 0.833. The van der Waals surface area contributed by atoms with E-state index in [2.05, 4.69) is 32.3 Å². The molecule has 0 amide bonds. The van der Waals surface area contributed by atoms with Crippen LogP contribution >= 0.6 is 0 Å². The van der Waals surface area contributed by atoms with Crippen molar-refractivity contribution in [2.24, 2.45) is 0 Å². The van der Waals surface area contributed by atoms with Gasteiger partial charge >= 0.3 is 0 Å². The zero-order valence-corrected chi connectivity index (χ0v) is 10.4. The van der Waals surface area contributed by atoms with E-state index in [4.69, 9.17) is 9.47 Å². The summed E-state index contributed by atoms with van der Waals surface area (Å²) in [6.45, 7) is 15.6. The van der Waals surface area contributed by atoms with E-state index in [1.54, 1.807) is 0 Å². The van der Waals surface area contributed by atoms with Crippen molar-refractivity contribution in [2.45, 2.75) is 39.3 Å². The Morgan fingerprint density at radius 1 is 1.53 bits per heavy atom. The Morgan fingerprint density at radius 2 is 2.20 bits per heavy atom. The third-order valence-corrected chi connectivity index (χ3v) is 2.60. The van der Waals surface area contributed by atoms with Gasteiger partial charge in [0.2, 0.25) is 0 Å². The van der Waals surface area contributed by atoms with E-state index in [-0.39, 0.29) is 11.6 Å². The Balaban J connectivity index is 2.39. The van der Waals surface area contributed by atoms with Gasteiger partial charge in [0.1, 0.15) is 12.7 Å². The monoisotopic (exact) mass is 213 g/mol. The maximum Gasteiger partial charge on any atom is 0.115 e. The summed E-state index contributed by atoms with van der Waals surface area (Å²) < 4.78 is 11.0. The lowest BCUT2D eigenvalue weighted by molar-refractivity contribution is -0.0809. The van der Waals surface area contributed by atoms with E-state index in [0.717, 1.165) is 25.5 Å².